The first-order chi connectivity index (χ1) is 12.4. The predicted molar refractivity (Wildman–Crippen MR) is 102 cm³/mol. The summed E-state index contributed by atoms with van der Waals surface area (Å²) >= 11 is 1.63. The number of hydrogen-bond donors (Lipinski definition) is 3. The predicted octanol–water partition coefficient (Wildman–Crippen LogP) is 3.27. The molecule has 3 N–H and O–H groups in total. The molecule has 3 heterocycles. The molecule has 26 heavy (non-hydrogen) atoms. The Balaban J connectivity index is 1.89. The normalized spacial score (nSPS) is 20.5. The van der Waals surface area contributed by atoms with E-state index >= 15 is 0 Å². The summed E-state index contributed by atoms with van der Waals surface area (Å²) in [5.41, 5.74) is 2.11. The van der Waals surface area contributed by atoms with Crippen molar-refractivity contribution < 1.29 is 9.90 Å². The van der Waals surface area contributed by atoms with E-state index in [4.69, 9.17) is 5.41 Å². The highest BCUT2D eigenvalue weighted by Crippen LogP contribution is 2.39. The van der Waals surface area contributed by atoms with E-state index in [0.717, 1.165) is 26.8 Å². The van der Waals surface area contributed by atoms with E-state index in [1.165, 1.54) is 4.90 Å². The molecule has 0 radical (unpaired) electrons. The second-order valence-corrected chi connectivity index (χ2v) is 7.62. The van der Waals surface area contributed by atoms with E-state index in [0.29, 0.717) is 0 Å². The smallest absolute Gasteiger partial charge is 0.231 e. The third-order valence-electron chi connectivity index (χ3n) is 4.85. The van der Waals surface area contributed by atoms with Gasteiger partial charge in [-0.3, -0.25) is 15.1 Å². The maximum absolute atomic E-state index is 12.3. The van der Waals surface area contributed by atoms with Gasteiger partial charge in [0.15, 0.2) is 5.96 Å². The number of benzene rings is 1. The van der Waals surface area contributed by atoms with Crippen LogP contribution in [0.15, 0.2) is 41.9 Å². The minimum Gasteiger partial charge on any atom is -0.493 e. The van der Waals surface area contributed by atoms with Gasteiger partial charge in [-0.25, -0.2) is 4.98 Å². The molecule has 1 aliphatic heterocycles. The zero-order valence-electron chi connectivity index (χ0n) is 14.4. The molecule has 0 saturated carbocycles. The van der Waals surface area contributed by atoms with Gasteiger partial charge in [0.25, 0.3) is 0 Å². The molecule has 1 aliphatic rings. The Hall–Kier alpha value is -2.93. The third-order valence-corrected chi connectivity index (χ3v) is 5.82. The number of pyridine rings is 1. The zero-order valence-corrected chi connectivity index (χ0v) is 15.2. The standard InChI is InChI=1S/C19H18N4O2S/c1-19(10-16(25)23(2)18(20)22-19)13-7-12-4-6-26-17(12)14(9-13)11-3-5-21-15(24)8-11/h3-9H,10H2,1-2H3,(H2,20,22)(H,21,24)/t19-/m0/s1. The lowest BCUT2D eigenvalue weighted by Gasteiger charge is -2.39. The number of carbonyl (C=O) groups excluding carboxylic acids is 1. The molecule has 4 rings (SSSR count). The van der Waals surface area contributed by atoms with Crippen LogP contribution in [0.2, 0.25) is 0 Å². The number of nitrogens with one attached hydrogen (secondary N) is 2. The molecule has 1 saturated heterocycles. The molecule has 3 aromatic rings. The molecule has 2 aromatic heterocycles. The Labute approximate surface area is 154 Å². The molecule has 0 bridgehead atoms. The van der Waals surface area contributed by atoms with E-state index in [1.807, 2.05) is 30.5 Å². The number of amides is 1. The quantitative estimate of drug-likeness (QED) is 0.649. The summed E-state index contributed by atoms with van der Waals surface area (Å²) < 4.78 is 1.11. The number of thiophene rings is 1. The first-order valence-corrected chi connectivity index (χ1v) is 9.06. The summed E-state index contributed by atoms with van der Waals surface area (Å²) in [7, 11) is 1.60. The minimum atomic E-state index is -0.666. The van der Waals surface area contributed by atoms with Gasteiger partial charge in [-0.1, -0.05) is 0 Å². The molecular formula is C19H18N4O2S. The van der Waals surface area contributed by atoms with E-state index in [2.05, 4.69) is 16.4 Å². The van der Waals surface area contributed by atoms with Crippen molar-refractivity contribution in [1.82, 2.24) is 15.2 Å². The number of hydrogen-bond acceptors (Lipinski definition) is 5. The van der Waals surface area contributed by atoms with Crippen LogP contribution in [0.4, 0.5) is 0 Å². The average molecular weight is 366 g/mol. The first-order valence-electron chi connectivity index (χ1n) is 8.18. The second kappa shape index (κ2) is 5.81. The summed E-state index contributed by atoms with van der Waals surface area (Å²) in [5.74, 6) is -0.0276. The molecule has 1 fully saturated rings. The highest BCUT2D eigenvalue weighted by Gasteiger charge is 2.38. The Bertz CT molecular complexity index is 1020. The number of carbonyl (C=O) groups is 1. The van der Waals surface area contributed by atoms with Crippen LogP contribution in [0.3, 0.4) is 0 Å². The third kappa shape index (κ3) is 2.61. The van der Waals surface area contributed by atoms with E-state index in [1.54, 1.807) is 30.6 Å². The van der Waals surface area contributed by atoms with Crippen LogP contribution in [0.5, 0.6) is 5.88 Å². The summed E-state index contributed by atoms with van der Waals surface area (Å²) in [4.78, 5) is 17.5. The van der Waals surface area contributed by atoms with Gasteiger partial charge in [0.1, 0.15) is 0 Å². The number of rotatable bonds is 2. The Kier molecular flexibility index (Phi) is 3.69. The Morgan fingerprint density at radius 2 is 2.15 bits per heavy atom. The average Bonchev–Trinajstić information content (AvgIpc) is 3.07. The maximum Gasteiger partial charge on any atom is 0.231 e. The number of aromatic hydroxyl groups is 1. The largest absolute Gasteiger partial charge is 0.493 e. The molecule has 7 heteroatoms. The van der Waals surface area contributed by atoms with Crippen LogP contribution < -0.4 is 5.32 Å². The first kappa shape index (κ1) is 16.5. The van der Waals surface area contributed by atoms with Gasteiger partial charge in [-0.15, -0.1) is 11.3 Å². The van der Waals surface area contributed by atoms with Gasteiger partial charge >= 0.3 is 0 Å². The van der Waals surface area contributed by atoms with Crippen molar-refractivity contribution >= 4 is 33.3 Å². The van der Waals surface area contributed by atoms with Gasteiger partial charge < -0.3 is 10.4 Å². The van der Waals surface area contributed by atoms with Crippen molar-refractivity contribution in [1.29, 1.82) is 5.41 Å². The summed E-state index contributed by atoms with van der Waals surface area (Å²) in [5, 5.41) is 24.1. The summed E-state index contributed by atoms with van der Waals surface area (Å²) in [6.45, 7) is 1.94. The number of guanidine groups is 1. The lowest BCUT2D eigenvalue weighted by molar-refractivity contribution is -0.129. The van der Waals surface area contributed by atoms with Gasteiger partial charge in [-0.2, -0.15) is 0 Å². The highest BCUT2D eigenvalue weighted by atomic mass is 32.1. The zero-order chi connectivity index (χ0) is 18.5. The van der Waals surface area contributed by atoms with Crippen molar-refractivity contribution in [3.05, 3.63) is 47.5 Å². The van der Waals surface area contributed by atoms with Crippen LogP contribution >= 0.6 is 11.3 Å². The van der Waals surface area contributed by atoms with Crippen LogP contribution in [-0.2, 0) is 10.3 Å². The lowest BCUT2D eigenvalue weighted by Crippen LogP contribution is -2.58. The SMILES string of the molecule is CN1C(=N)N[C@](C)(c2cc(-c3ccnc(O)c3)c3sccc3c2)CC1=O. The number of aromatic nitrogens is 1. The molecular weight excluding hydrogens is 348 g/mol. The fourth-order valence-electron chi connectivity index (χ4n) is 3.31. The summed E-state index contributed by atoms with van der Waals surface area (Å²) in [6.07, 6.45) is 1.84. The van der Waals surface area contributed by atoms with Crippen molar-refractivity contribution in [2.24, 2.45) is 0 Å². The van der Waals surface area contributed by atoms with Crippen LogP contribution in [-0.4, -0.2) is 33.9 Å². The van der Waals surface area contributed by atoms with E-state index < -0.39 is 5.54 Å². The molecule has 132 valence electrons. The maximum atomic E-state index is 12.3. The van der Waals surface area contributed by atoms with E-state index in [-0.39, 0.29) is 24.2 Å². The number of fused-ring (bicyclic) bond motifs is 1. The number of nitrogens with zero attached hydrogens (tertiary/aromatic N) is 2. The molecule has 0 spiro atoms. The fourth-order valence-corrected chi connectivity index (χ4v) is 4.23. The van der Waals surface area contributed by atoms with Crippen molar-refractivity contribution in [2.45, 2.75) is 18.9 Å². The highest BCUT2D eigenvalue weighted by molar-refractivity contribution is 7.17. The molecule has 1 atom stereocenters. The van der Waals surface area contributed by atoms with Gasteiger partial charge in [-0.05, 0) is 53.1 Å². The second-order valence-electron chi connectivity index (χ2n) is 6.70. The fraction of sp³-hybridized carbons (Fsp3) is 0.211. The molecule has 0 unspecified atom stereocenters. The van der Waals surface area contributed by atoms with Gasteiger partial charge in [0.05, 0.1) is 12.0 Å². The van der Waals surface area contributed by atoms with Gasteiger partial charge in [0, 0.05) is 29.6 Å². The minimum absolute atomic E-state index is 0.0295. The molecule has 1 aromatic carbocycles. The Morgan fingerprint density at radius 1 is 1.35 bits per heavy atom. The molecule has 0 aliphatic carbocycles. The van der Waals surface area contributed by atoms with Crippen LogP contribution in [0, 0.1) is 5.41 Å². The molecule has 6 nitrogen and oxygen atoms in total. The van der Waals surface area contributed by atoms with Crippen molar-refractivity contribution in [3.63, 3.8) is 0 Å². The van der Waals surface area contributed by atoms with Crippen molar-refractivity contribution in [2.75, 3.05) is 7.05 Å². The lowest BCUT2D eigenvalue weighted by atomic mass is 9.84. The summed E-state index contributed by atoms with van der Waals surface area (Å²) in [6, 6.07) is 9.63. The topological polar surface area (TPSA) is 89.3 Å². The van der Waals surface area contributed by atoms with E-state index in [9.17, 15) is 9.90 Å². The van der Waals surface area contributed by atoms with Crippen LogP contribution in [0.25, 0.3) is 21.2 Å². The molecule has 1 amide bonds. The monoisotopic (exact) mass is 366 g/mol. The van der Waals surface area contributed by atoms with Gasteiger partial charge in [0.2, 0.25) is 11.8 Å². The Morgan fingerprint density at radius 3 is 2.88 bits per heavy atom. The van der Waals surface area contributed by atoms with Crippen molar-refractivity contribution in [3.8, 4) is 17.0 Å². The van der Waals surface area contributed by atoms with Crippen LogP contribution in [0.1, 0.15) is 18.9 Å².